The van der Waals surface area contributed by atoms with Crippen molar-refractivity contribution < 1.29 is 30.0 Å². The maximum absolute atomic E-state index is 12.3. The number of aliphatic hydroxyl groups excluding tert-OH is 4. The third kappa shape index (κ3) is 3.21. The number of aliphatic hydroxyl groups is 4. The Morgan fingerprint density at radius 1 is 1.23 bits per heavy atom. The summed E-state index contributed by atoms with van der Waals surface area (Å²) >= 11 is 0. The summed E-state index contributed by atoms with van der Waals surface area (Å²) in [5.74, 6) is -0.536. The first-order chi connectivity index (χ1) is 10.5. The lowest BCUT2D eigenvalue weighted by Crippen LogP contribution is -2.64. The van der Waals surface area contributed by atoms with Gasteiger partial charge in [0, 0.05) is 12.7 Å². The number of anilines is 1. The fourth-order valence-corrected chi connectivity index (χ4v) is 2.38. The molecule has 0 saturated carbocycles. The van der Waals surface area contributed by atoms with Gasteiger partial charge in [0.05, 0.1) is 12.2 Å². The van der Waals surface area contributed by atoms with Crippen molar-refractivity contribution in [2.24, 2.45) is 0 Å². The Hall–Kier alpha value is -1.71. The van der Waals surface area contributed by atoms with Crippen LogP contribution in [0.5, 0.6) is 0 Å². The molecule has 122 valence electrons. The fourth-order valence-electron chi connectivity index (χ4n) is 2.38. The van der Waals surface area contributed by atoms with E-state index >= 15 is 0 Å². The number of ether oxygens (including phenoxy) is 1. The summed E-state index contributed by atoms with van der Waals surface area (Å²) in [6, 6.07) is 5.50. The van der Waals surface area contributed by atoms with Gasteiger partial charge in [-0.1, -0.05) is 12.1 Å². The molecule has 3 unspecified atom stereocenters. The Morgan fingerprint density at radius 3 is 2.55 bits per heavy atom. The minimum Gasteiger partial charge on any atom is -0.394 e. The average Bonchev–Trinajstić information content (AvgIpc) is 2.54. The molecule has 1 saturated heterocycles. The van der Waals surface area contributed by atoms with Crippen LogP contribution in [0.2, 0.25) is 0 Å². The molecule has 1 aliphatic heterocycles. The van der Waals surface area contributed by atoms with E-state index in [0.29, 0.717) is 11.3 Å². The molecule has 1 fully saturated rings. The van der Waals surface area contributed by atoms with Crippen LogP contribution in [0.3, 0.4) is 0 Å². The Kier molecular flexibility index (Phi) is 5.33. The van der Waals surface area contributed by atoms with Crippen molar-refractivity contribution in [1.29, 1.82) is 0 Å². The topological polar surface area (TPSA) is 131 Å². The van der Waals surface area contributed by atoms with Gasteiger partial charge in [0.25, 0.3) is 5.91 Å². The zero-order chi connectivity index (χ0) is 16.3. The van der Waals surface area contributed by atoms with Gasteiger partial charge in [-0.25, -0.2) is 0 Å². The van der Waals surface area contributed by atoms with Crippen molar-refractivity contribution in [1.82, 2.24) is 5.32 Å². The van der Waals surface area contributed by atoms with Crippen LogP contribution in [-0.2, 0) is 4.74 Å². The molecule has 0 bridgehead atoms. The zero-order valence-electron chi connectivity index (χ0n) is 12.0. The maximum Gasteiger partial charge on any atom is 0.253 e. The summed E-state index contributed by atoms with van der Waals surface area (Å²) in [5, 5.41) is 44.0. The van der Waals surface area contributed by atoms with Gasteiger partial charge in [-0.05, 0) is 12.1 Å². The minimum absolute atomic E-state index is 0.322. The summed E-state index contributed by atoms with van der Waals surface area (Å²) in [4.78, 5) is 12.3. The molecular weight excluding hydrogens is 292 g/mol. The van der Waals surface area contributed by atoms with Crippen LogP contribution in [-0.4, -0.2) is 70.6 Å². The standard InChI is InChI=1S/C14H20N2O6/c1-15-8-5-3-2-4-7(8)13(20)16-10-12(19)11(18)9(6-17)22-14(10)21/h2-5,9-12,14-15,17-19,21H,6H2,1H3,(H,16,20)/t9?,10-,11-,12?,14?/m0/s1. The van der Waals surface area contributed by atoms with E-state index in [4.69, 9.17) is 9.84 Å². The number of carbonyl (C=O) groups is 1. The van der Waals surface area contributed by atoms with Crippen LogP contribution in [0.4, 0.5) is 5.69 Å². The predicted octanol–water partition coefficient (Wildman–Crippen LogP) is -1.74. The van der Waals surface area contributed by atoms with E-state index in [1.165, 1.54) is 0 Å². The molecule has 0 aromatic heterocycles. The highest BCUT2D eigenvalue weighted by Crippen LogP contribution is 2.21. The second kappa shape index (κ2) is 7.03. The number of carbonyl (C=O) groups excluding carboxylic acids is 1. The Bertz CT molecular complexity index is 526. The average molecular weight is 312 g/mol. The van der Waals surface area contributed by atoms with Gasteiger partial charge in [0.15, 0.2) is 6.29 Å². The fraction of sp³-hybridized carbons (Fsp3) is 0.500. The van der Waals surface area contributed by atoms with Crippen molar-refractivity contribution in [2.75, 3.05) is 19.0 Å². The molecule has 1 heterocycles. The second-order valence-corrected chi connectivity index (χ2v) is 5.02. The normalized spacial score (nSPS) is 31.6. The molecular formula is C14H20N2O6. The molecule has 22 heavy (non-hydrogen) atoms. The first-order valence-electron chi connectivity index (χ1n) is 6.87. The number of nitrogens with one attached hydrogen (secondary N) is 2. The highest BCUT2D eigenvalue weighted by molar-refractivity contribution is 5.99. The molecule has 1 aromatic carbocycles. The van der Waals surface area contributed by atoms with Gasteiger partial charge in [0.1, 0.15) is 24.4 Å². The summed E-state index contributed by atoms with van der Waals surface area (Å²) in [6.45, 7) is -0.557. The SMILES string of the molecule is CNc1ccccc1C(=O)N[C@@H]1C(O)OC(CO)[C@H](O)C1O. The van der Waals surface area contributed by atoms with Gasteiger partial charge in [0.2, 0.25) is 0 Å². The van der Waals surface area contributed by atoms with Crippen molar-refractivity contribution >= 4 is 11.6 Å². The van der Waals surface area contributed by atoms with Crippen molar-refractivity contribution in [3.63, 3.8) is 0 Å². The zero-order valence-corrected chi connectivity index (χ0v) is 12.0. The molecule has 0 radical (unpaired) electrons. The summed E-state index contributed by atoms with van der Waals surface area (Å²) in [6.07, 6.45) is -5.53. The van der Waals surface area contributed by atoms with E-state index < -0.39 is 43.2 Å². The highest BCUT2D eigenvalue weighted by Gasteiger charge is 2.44. The van der Waals surface area contributed by atoms with Crippen molar-refractivity contribution in [2.45, 2.75) is 30.6 Å². The first-order valence-corrected chi connectivity index (χ1v) is 6.87. The molecule has 5 atom stereocenters. The molecule has 0 aliphatic carbocycles. The van der Waals surface area contributed by atoms with Gasteiger partial charge < -0.3 is 35.8 Å². The van der Waals surface area contributed by atoms with Gasteiger partial charge in [-0.2, -0.15) is 0 Å². The third-order valence-corrected chi connectivity index (χ3v) is 3.64. The molecule has 1 aromatic rings. The quantitative estimate of drug-likeness (QED) is 0.389. The molecule has 1 amide bonds. The van der Waals surface area contributed by atoms with E-state index in [-0.39, 0.29) is 0 Å². The lowest BCUT2D eigenvalue weighted by atomic mass is 9.96. The Morgan fingerprint density at radius 2 is 1.91 bits per heavy atom. The van der Waals surface area contributed by atoms with Crippen LogP contribution >= 0.6 is 0 Å². The number of hydrogen-bond donors (Lipinski definition) is 6. The summed E-state index contributed by atoms with van der Waals surface area (Å²) < 4.78 is 4.99. The van der Waals surface area contributed by atoms with Crippen LogP contribution in [0.1, 0.15) is 10.4 Å². The van der Waals surface area contributed by atoms with E-state index in [0.717, 1.165) is 0 Å². The first kappa shape index (κ1) is 16.7. The van der Waals surface area contributed by atoms with E-state index in [2.05, 4.69) is 10.6 Å². The van der Waals surface area contributed by atoms with Crippen LogP contribution in [0, 0.1) is 0 Å². The van der Waals surface area contributed by atoms with Gasteiger partial charge in [-0.3, -0.25) is 4.79 Å². The predicted molar refractivity (Wildman–Crippen MR) is 77.2 cm³/mol. The second-order valence-electron chi connectivity index (χ2n) is 5.02. The Balaban J connectivity index is 2.14. The molecule has 1 aliphatic rings. The lowest BCUT2D eigenvalue weighted by Gasteiger charge is -2.40. The number of para-hydroxylation sites is 1. The van der Waals surface area contributed by atoms with Gasteiger partial charge >= 0.3 is 0 Å². The van der Waals surface area contributed by atoms with Crippen molar-refractivity contribution in [3.05, 3.63) is 29.8 Å². The van der Waals surface area contributed by atoms with E-state index in [9.17, 15) is 20.1 Å². The van der Waals surface area contributed by atoms with Gasteiger partial charge in [-0.15, -0.1) is 0 Å². The number of amides is 1. The largest absolute Gasteiger partial charge is 0.394 e. The Labute approximate surface area is 127 Å². The smallest absolute Gasteiger partial charge is 0.253 e. The molecule has 8 heteroatoms. The highest BCUT2D eigenvalue weighted by atomic mass is 16.6. The molecule has 2 rings (SSSR count). The van der Waals surface area contributed by atoms with Crippen LogP contribution in [0.15, 0.2) is 24.3 Å². The number of benzene rings is 1. The number of hydrogen-bond acceptors (Lipinski definition) is 7. The summed E-state index contributed by atoms with van der Waals surface area (Å²) in [7, 11) is 1.66. The maximum atomic E-state index is 12.3. The van der Waals surface area contributed by atoms with Crippen LogP contribution in [0.25, 0.3) is 0 Å². The molecule has 8 nitrogen and oxygen atoms in total. The van der Waals surface area contributed by atoms with E-state index in [1.54, 1.807) is 31.3 Å². The molecule has 0 spiro atoms. The lowest BCUT2D eigenvalue weighted by molar-refractivity contribution is -0.252. The number of rotatable bonds is 4. The third-order valence-electron chi connectivity index (χ3n) is 3.64. The van der Waals surface area contributed by atoms with Crippen LogP contribution < -0.4 is 10.6 Å². The molecule has 6 N–H and O–H groups in total. The van der Waals surface area contributed by atoms with Crippen molar-refractivity contribution in [3.8, 4) is 0 Å². The monoisotopic (exact) mass is 312 g/mol. The summed E-state index contributed by atoms with van der Waals surface area (Å²) in [5.41, 5.74) is 0.901. The minimum atomic E-state index is -1.54. The van der Waals surface area contributed by atoms with E-state index in [1.807, 2.05) is 0 Å².